The average Bonchev–Trinajstić information content (AvgIpc) is 2.39. The second-order valence-electron chi connectivity index (χ2n) is 4.80. The van der Waals surface area contributed by atoms with E-state index in [1.54, 1.807) is 19.1 Å². The molecule has 0 bridgehead atoms. The average molecular weight is 278 g/mol. The van der Waals surface area contributed by atoms with E-state index in [0.29, 0.717) is 18.7 Å². The van der Waals surface area contributed by atoms with Crippen molar-refractivity contribution < 1.29 is 14.3 Å². The number of rotatable bonds is 8. The lowest BCUT2D eigenvalue weighted by Gasteiger charge is -2.15. The first-order valence-corrected chi connectivity index (χ1v) is 6.57. The van der Waals surface area contributed by atoms with E-state index in [4.69, 9.17) is 4.74 Å². The van der Waals surface area contributed by atoms with E-state index in [1.165, 1.54) is 0 Å². The third-order valence-electron chi connectivity index (χ3n) is 2.83. The summed E-state index contributed by atoms with van der Waals surface area (Å²) in [6.45, 7) is 3.36. The first-order chi connectivity index (χ1) is 9.52. The van der Waals surface area contributed by atoms with Crippen LogP contribution in [-0.4, -0.2) is 57.0 Å². The molecule has 1 amide bonds. The van der Waals surface area contributed by atoms with Crippen molar-refractivity contribution in [2.45, 2.75) is 6.92 Å². The van der Waals surface area contributed by atoms with Crippen LogP contribution in [0.2, 0.25) is 0 Å². The largest absolute Gasteiger partial charge is 0.383 e. The van der Waals surface area contributed by atoms with Gasteiger partial charge < -0.3 is 10.1 Å². The van der Waals surface area contributed by atoms with Crippen molar-refractivity contribution in [3.63, 3.8) is 0 Å². The Balaban J connectivity index is 2.37. The molecular formula is C15H22N2O3. The maximum atomic E-state index is 12.0. The normalized spacial score (nSPS) is 10.6. The molecule has 110 valence electrons. The Bertz CT molecular complexity index is 443. The predicted octanol–water partition coefficient (Wildman–Crippen LogP) is 0.872. The van der Waals surface area contributed by atoms with Gasteiger partial charge in [-0.15, -0.1) is 0 Å². The quantitative estimate of drug-likeness (QED) is 0.566. The number of hydrogen-bond donors (Lipinski definition) is 1. The van der Waals surface area contributed by atoms with E-state index in [1.807, 2.05) is 31.2 Å². The summed E-state index contributed by atoms with van der Waals surface area (Å²) in [5.41, 5.74) is 1.79. The van der Waals surface area contributed by atoms with Crippen LogP contribution in [0, 0.1) is 6.92 Å². The fraction of sp³-hybridized carbons (Fsp3) is 0.467. The summed E-state index contributed by atoms with van der Waals surface area (Å²) in [4.78, 5) is 25.3. The number of nitrogens with one attached hydrogen (secondary N) is 1. The Kier molecular flexibility index (Phi) is 6.90. The Morgan fingerprint density at radius 3 is 2.45 bits per heavy atom. The lowest BCUT2D eigenvalue weighted by molar-refractivity contribution is -0.122. The third kappa shape index (κ3) is 5.95. The number of amides is 1. The fourth-order valence-electron chi connectivity index (χ4n) is 1.73. The van der Waals surface area contributed by atoms with Gasteiger partial charge in [-0.2, -0.15) is 0 Å². The number of carbonyl (C=O) groups excluding carboxylic acids is 2. The molecule has 1 aromatic rings. The number of likely N-dealkylation sites (N-methyl/N-ethyl adjacent to an activating group) is 1. The molecule has 0 spiro atoms. The lowest BCUT2D eigenvalue weighted by atomic mass is 10.1. The monoisotopic (exact) mass is 278 g/mol. The molecule has 0 aliphatic rings. The first-order valence-electron chi connectivity index (χ1n) is 6.57. The summed E-state index contributed by atoms with van der Waals surface area (Å²) in [5.74, 6) is -0.0987. The second-order valence-corrected chi connectivity index (χ2v) is 4.80. The topological polar surface area (TPSA) is 58.6 Å². The van der Waals surface area contributed by atoms with Gasteiger partial charge in [0.25, 0.3) is 0 Å². The van der Waals surface area contributed by atoms with E-state index in [-0.39, 0.29) is 24.8 Å². The zero-order chi connectivity index (χ0) is 15.0. The van der Waals surface area contributed by atoms with Gasteiger partial charge in [-0.25, -0.2) is 0 Å². The fourth-order valence-corrected chi connectivity index (χ4v) is 1.73. The first kappa shape index (κ1) is 16.3. The van der Waals surface area contributed by atoms with Crippen molar-refractivity contribution in [2.75, 3.05) is 40.4 Å². The summed E-state index contributed by atoms with van der Waals surface area (Å²) in [6.07, 6.45) is 0. The van der Waals surface area contributed by atoms with Gasteiger partial charge in [-0.3, -0.25) is 14.5 Å². The molecule has 5 heteroatoms. The van der Waals surface area contributed by atoms with Crippen molar-refractivity contribution in [1.82, 2.24) is 10.2 Å². The van der Waals surface area contributed by atoms with E-state index < -0.39 is 0 Å². The molecule has 0 aliphatic carbocycles. The van der Waals surface area contributed by atoms with E-state index in [0.717, 1.165) is 5.56 Å². The summed E-state index contributed by atoms with van der Waals surface area (Å²) in [5, 5.41) is 2.72. The number of methoxy groups -OCH3 is 1. The number of ketones is 1. The standard InChI is InChI=1S/C15H22N2O3/c1-12-4-6-13(7-5-12)14(18)10-17(2)11-15(19)16-8-9-20-3/h4-7H,8-11H2,1-3H3,(H,16,19). The van der Waals surface area contributed by atoms with Crippen molar-refractivity contribution in [1.29, 1.82) is 0 Å². The van der Waals surface area contributed by atoms with Crippen LogP contribution in [0.1, 0.15) is 15.9 Å². The predicted molar refractivity (Wildman–Crippen MR) is 77.9 cm³/mol. The highest BCUT2D eigenvalue weighted by Crippen LogP contribution is 2.04. The van der Waals surface area contributed by atoms with Crippen LogP contribution in [0.3, 0.4) is 0 Å². The van der Waals surface area contributed by atoms with Gasteiger partial charge in [0.05, 0.1) is 19.7 Å². The number of Topliss-reactive ketones (excluding diaryl/α,β-unsaturated/α-hetero) is 1. The number of benzene rings is 1. The molecule has 0 heterocycles. The SMILES string of the molecule is COCCNC(=O)CN(C)CC(=O)c1ccc(C)cc1. The summed E-state index contributed by atoms with van der Waals surface area (Å²) < 4.78 is 4.85. The van der Waals surface area contributed by atoms with Gasteiger partial charge in [0, 0.05) is 19.2 Å². The molecule has 0 atom stereocenters. The summed E-state index contributed by atoms with van der Waals surface area (Å²) >= 11 is 0. The van der Waals surface area contributed by atoms with Gasteiger partial charge in [-0.1, -0.05) is 29.8 Å². The van der Waals surface area contributed by atoms with Crippen LogP contribution in [-0.2, 0) is 9.53 Å². The number of carbonyl (C=O) groups is 2. The molecular weight excluding hydrogens is 256 g/mol. The van der Waals surface area contributed by atoms with Gasteiger partial charge in [-0.05, 0) is 14.0 Å². The zero-order valence-electron chi connectivity index (χ0n) is 12.3. The van der Waals surface area contributed by atoms with Crippen molar-refractivity contribution in [3.05, 3.63) is 35.4 Å². The van der Waals surface area contributed by atoms with Crippen molar-refractivity contribution in [2.24, 2.45) is 0 Å². The Hall–Kier alpha value is -1.72. The van der Waals surface area contributed by atoms with Crippen LogP contribution < -0.4 is 5.32 Å². The zero-order valence-corrected chi connectivity index (χ0v) is 12.3. The van der Waals surface area contributed by atoms with Crippen molar-refractivity contribution in [3.8, 4) is 0 Å². The van der Waals surface area contributed by atoms with Crippen LogP contribution >= 0.6 is 0 Å². The van der Waals surface area contributed by atoms with Crippen LogP contribution in [0.25, 0.3) is 0 Å². The molecule has 0 fully saturated rings. The molecule has 5 nitrogen and oxygen atoms in total. The minimum atomic E-state index is -0.110. The van der Waals surface area contributed by atoms with E-state index >= 15 is 0 Å². The molecule has 0 saturated carbocycles. The second kappa shape index (κ2) is 8.45. The summed E-state index contributed by atoms with van der Waals surface area (Å²) in [6, 6.07) is 7.43. The molecule has 0 aliphatic heterocycles. The molecule has 0 aromatic heterocycles. The molecule has 1 N–H and O–H groups in total. The minimum Gasteiger partial charge on any atom is -0.383 e. The molecule has 1 aromatic carbocycles. The smallest absolute Gasteiger partial charge is 0.234 e. The molecule has 0 radical (unpaired) electrons. The van der Waals surface area contributed by atoms with E-state index in [9.17, 15) is 9.59 Å². The van der Waals surface area contributed by atoms with Gasteiger partial charge in [0.1, 0.15) is 0 Å². The highest BCUT2D eigenvalue weighted by Gasteiger charge is 2.11. The Labute approximate surface area is 119 Å². The van der Waals surface area contributed by atoms with Crippen LogP contribution in [0.5, 0.6) is 0 Å². The number of hydrogen-bond acceptors (Lipinski definition) is 4. The van der Waals surface area contributed by atoms with Gasteiger partial charge in [0.2, 0.25) is 5.91 Å². The van der Waals surface area contributed by atoms with Gasteiger partial charge >= 0.3 is 0 Å². The number of aryl methyl sites for hydroxylation is 1. The molecule has 0 saturated heterocycles. The van der Waals surface area contributed by atoms with Crippen LogP contribution in [0.4, 0.5) is 0 Å². The Morgan fingerprint density at radius 1 is 1.20 bits per heavy atom. The van der Waals surface area contributed by atoms with Crippen molar-refractivity contribution >= 4 is 11.7 Å². The third-order valence-corrected chi connectivity index (χ3v) is 2.83. The highest BCUT2D eigenvalue weighted by molar-refractivity contribution is 5.97. The maximum absolute atomic E-state index is 12.0. The van der Waals surface area contributed by atoms with Gasteiger partial charge in [0.15, 0.2) is 5.78 Å². The lowest BCUT2D eigenvalue weighted by Crippen LogP contribution is -2.38. The maximum Gasteiger partial charge on any atom is 0.234 e. The Morgan fingerprint density at radius 2 is 1.85 bits per heavy atom. The number of nitrogens with zero attached hydrogens (tertiary/aromatic N) is 1. The molecule has 1 rings (SSSR count). The molecule has 20 heavy (non-hydrogen) atoms. The number of ether oxygens (including phenoxy) is 1. The highest BCUT2D eigenvalue weighted by atomic mass is 16.5. The molecule has 0 unspecified atom stereocenters. The van der Waals surface area contributed by atoms with E-state index in [2.05, 4.69) is 5.32 Å². The van der Waals surface area contributed by atoms with Crippen LogP contribution in [0.15, 0.2) is 24.3 Å². The minimum absolute atomic E-state index is 0.0113. The summed E-state index contributed by atoms with van der Waals surface area (Å²) in [7, 11) is 3.33.